The van der Waals surface area contributed by atoms with Crippen LogP contribution in [0.1, 0.15) is 27.7 Å². The lowest BCUT2D eigenvalue weighted by Gasteiger charge is -2.29. The van der Waals surface area contributed by atoms with Gasteiger partial charge in [-0.05, 0) is 33.9 Å². The van der Waals surface area contributed by atoms with Crippen LogP contribution in [-0.2, 0) is 0 Å². The Morgan fingerprint density at radius 2 is 1.25 bits per heavy atom. The lowest BCUT2D eigenvalue weighted by atomic mass is 10.1. The molecule has 0 radical (unpaired) electrons. The fourth-order valence-corrected chi connectivity index (χ4v) is 2.39. The first kappa shape index (κ1) is 10.0. The topological polar surface area (TPSA) is 6.48 Å². The zero-order chi connectivity index (χ0) is 9.46. The Bertz CT molecular complexity index is 142. The van der Waals surface area contributed by atoms with E-state index in [1.54, 1.807) is 0 Å². The van der Waals surface area contributed by atoms with Crippen LogP contribution < -0.4 is 0 Å². The largest absolute Gasteiger partial charge is 0.286 e. The monoisotopic (exact) mass is 170 g/mol. The van der Waals surface area contributed by atoms with Crippen molar-refractivity contribution >= 4 is 0 Å². The minimum absolute atomic E-state index is 0.620. The maximum absolute atomic E-state index is 2.48. The number of nitrogens with zero attached hydrogens (tertiary/aromatic N) is 2. The molecule has 0 spiro atoms. The summed E-state index contributed by atoms with van der Waals surface area (Å²) in [4.78, 5) is 4.96. The summed E-state index contributed by atoms with van der Waals surface area (Å²) in [5, 5.41) is 0. The van der Waals surface area contributed by atoms with Crippen LogP contribution in [0.5, 0.6) is 0 Å². The minimum Gasteiger partial charge on any atom is -0.286 e. The zero-order valence-corrected chi connectivity index (χ0v) is 9.20. The quantitative estimate of drug-likeness (QED) is 0.590. The first-order chi connectivity index (χ1) is 5.46. The molecule has 12 heavy (non-hydrogen) atoms. The number of hydrogen-bond acceptors (Lipinski definition) is 2. The van der Waals surface area contributed by atoms with Gasteiger partial charge in [-0.2, -0.15) is 0 Å². The molecular formula is C10H22N2. The summed E-state index contributed by atoms with van der Waals surface area (Å²) >= 11 is 0. The van der Waals surface area contributed by atoms with Crippen LogP contribution in [0.2, 0.25) is 0 Å². The Balaban J connectivity index is 2.76. The average Bonchev–Trinajstić information content (AvgIpc) is 2.16. The summed E-state index contributed by atoms with van der Waals surface area (Å²) in [5.41, 5.74) is 0. The fraction of sp³-hybridized carbons (Fsp3) is 1.00. The van der Waals surface area contributed by atoms with Gasteiger partial charge < -0.3 is 0 Å². The Labute approximate surface area is 76.5 Å². The van der Waals surface area contributed by atoms with Crippen molar-refractivity contribution in [2.75, 3.05) is 14.1 Å². The Kier molecular flexibility index (Phi) is 2.79. The molecule has 2 atom stereocenters. The third-order valence-corrected chi connectivity index (χ3v) is 3.41. The van der Waals surface area contributed by atoms with Gasteiger partial charge in [0.25, 0.3) is 0 Å². The van der Waals surface area contributed by atoms with Crippen molar-refractivity contribution in [2.45, 2.75) is 45.9 Å². The van der Waals surface area contributed by atoms with E-state index in [1.165, 1.54) is 0 Å². The van der Waals surface area contributed by atoms with Gasteiger partial charge in [-0.15, -0.1) is 0 Å². The van der Waals surface area contributed by atoms with E-state index >= 15 is 0 Å². The van der Waals surface area contributed by atoms with Crippen molar-refractivity contribution in [1.82, 2.24) is 9.80 Å². The van der Waals surface area contributed by atoms with Crippen molar-refractivity contribution < 1.29 is 0 Å². The Hall–Kier alpha value is -0.0800. The van der Waals surface area contributed by atoms with E-state index in [4.69, 9.17) is 0 Å². The van der Waals surface area contributed by atoms with Gasteiger partial charge in [0.2, 0.25) is 0 Å². The van der Waals surface area contributed by atoms with Crippen LogP contribution in [0.3, 0.4) is 0 Å². The summed E-state index contributed by atoms with van der Waals surface area (Å²) in [7, 11) is 4.46. The number of likely N-dealkylation sites (N-methyl/N-ethyl adjacent to an activating group) is 2. The van der Waals surface area contributed by atoms with Crippen molar-refractivity contribution in [3.63, 3.8) is 0 Å². The molecule has 72 valence electrons. The molecule has 1 heterocycles. The second-order valence-electron chi connectivity index (χ2n) is 4.47. The molecule has 1 saturated heterocycles. The van der Waals surface area contributed by atoms with Crippen molar-refractivity contribution in [2.24, 2.45) is 5.92 Å². The van der Waals surface area contributed by atoms with E-state index < -0.39 is 0 Å². The molecular weight excluding hydrogens is 148 g/mol. The number of hydrogen-bond donors (Lipinski definition) is 0. The maximum atomic E-state index is 2.48. The standard InChI is InChI=1S/C10H22N2/c1-7(2)10-11(5)8(3)9(4)12(10)6/h7-10H,1-6H3. The van der Waals surface area contributed by atoms with Crippen LogP contribution in [0.25, 0.3) is 0 Å². The van der Waals surface area contributed by atoms with E-state index in [9.17, 15) is 0 Å². The maximum Gasteiger partial charge on any atom is 0.0646 e. The molecule has 0 aromatic rings. The van der Waals surface area contributed by atoms with Gasteiger partial charge in [-0.25, -0.2) is 0 Å². The highest BCUT2D eigenvalue weighted by molar-refractivity contribution is 4.91. The molecule has 0 aromatic heterocycles. The van der Waals surface area contributed by atoms with E-state index in [-0.39, 0.29) is 0 Å². The van der Waals surface area contributed by atoms with Crippen molar-refractivity contribution in [3.05, 3.63) is 0 Å². The molecule has 0 N–H and O–H groups in total. The molecule has 0 saturated carbocycles. The smallest absolute Gasteiger partial charge is 0.0646 e. The molecule has 1 aliphatic rings. The first-order valence-corrected chi connectivity index (χ1v) is 4.90. The molecule has 1 aliphatic heterocycles. The fourth-order valence-electron chi connectivity index (χ4n) is 2.39. The van der Waals surface area contributed by atoms with Gasteiger partial charge in [-0.1, -0.05) is 13.8 Å². The minimum atomic E-state index is 0.620. The number of rotatable bonds is 1. The highest BCUT2D eigenvalue weighted by atomic mass is 15.4. The predicted octanol–water partition coefficient (Wildman–Crippen LogP) is 1.62. The summed E-state index contributed by atoms with van der Waals surface area (Å²) in [5.74, 6) is 0.715. The van der Waals surface area contributed by atoms with Crippen molar-refractivity contribution in [3.8, 4) is 0 Å². The molecule has 2 nitrogen and oxygen atoms in total. The van der Waals surface area contributed by atoms with Crippen LogP contribution in [-0.4, -0.2) is 42.1 Å². The first-order valence-electron chi connectivity index (χ1n) is 4.90. The third kappa shape index (κ3) is 1.38. The van der Waals surface area contributed by atoms with E-state index in [0.29, 0.717) is 24.2 Å². The van der Waals surface area contributed by atoms with Crippen LogP contribution in [0.15, 0.2) is 0 Å². The summed E-state index contributed by atoms with van der Waals surface area (Å²) in [6, 6.07) is 1.37. The lowest BCUT2D eigenvalue weighted by molar-refractivity contribution is 0.117. The van der Waals surface area contributed by atoms with Gasteiger partial charge in [0, 0.05) is 12.1 Å². The summed E-state index contributed by atoms with van der Waals surface area (Å²) in [6.07, 6.45) is 0.620. The lowest BCUT2D eigenvalue weighted by Crippen LogP contribution is -2.40. The highest BCUT2D eigenvalue weighted by Crippen LogP contribution is 2.27. The molecule has 1 rings (SSSR count). The average molecular weight is 170 g/mol. The molecule has 2 heteroatoms. The predicted molar refractivity (Wildman–Crippen MR) is 53.1 cm³/mol. The summed E-state index contributed by atoms with van der Waals surface area (Å²) in [6.45, 7) is 9.21. The second-order valence-corrected chi connectivity index (χ2v) is 4.47. The second kappa shape index (κ2) is 3.35. The third-order valence-electron chi connectivity index (χ3n) is 3.41. The van der Waals surface area contributed by atoms with Gasteiger partial charge in [0.15, 0.2) is 0 Å². The van der Waals surface area contributed by atoms with Crippen molar-refractivity contribution in [1.29, 1.82) is 0 Å². The van der Waals surface area contributed by atoms with E-state index in [1.807, 2.05) is 0 Å². The molecule has 2 unspecified atom stereocenters. The normalized spacial score (nSPS) is 39.8. The molecule has 0 aliphatic carbocycles. The highest BCUT2D eigenvalue weighted by Gasteiger charge is 2.39. The molecule has 0 amide bonds. The molecule has 0 bridgehead atoms. The van der Waals surface area contributed by atoms with Gasteiger partial charge in [-0.3, -0.25) is 9.80 Å². The Morgan fingerprint density at radius 3 is 1.42 bits per heavy atom. The molecule has 1 fully saturated rings. The van der Waals surface area contributed by atoms with E-state index in [0.717, 1.165) is 0 Å². The SMILES string of the molecule is CC(C)C1N(C)C(C)C(C)N1C. The van der Waals surface area contributed by atoms with Crippen LogP contribution in [0.4, 0.5) is 0 Å². The van der Waals surface area contributed by atoms with E-state index in [2.05, 4.69) is 51.6 Å². The van der Waals surface area contributed by atoms with Crippen LogP contribution in [0, 0.1) is 5.92 Å². The van der Waals surface area contributed by atoms with Gasteiger partial charge in [0.1, 0.15) is 0 Å². The summed E-state index contributed by atoms with van der Waals surface area (Å²) < 4.78 is 0. The van der Waals surface area contributed by atoms with Gasteiger partial charge >= 0.3 is 0 Å². The Morgan fingerprint density at radius 1 is 0.917 bits per heavy atom. The zero-order valence-electron chi connectivity index (χ0n) is 9.20. The molecule has 0 aromatic carbocycles. The van der Waals surface area contributed by atoms with Crippen LogP contribution >= 0.6 is 0 Å². The van der Waals surface area contributed by atoms with Gasteiger partial charge in [0.05, 0.1) is 6.17 Å².